The van der Waals surface area contributed by atoms with Crippen LogP contribution in [-0.4, -0.2) is 30.4 Å². The van der Waals surface area contributed by atoms with Gasteiger partial charge in [-0.25, -0.2) is 4.98 Å². The van der Waals surface area contributed by atoms with Crippen LogP contribution in [-0.2, 0) is 17.6 Å². The van der Waals surface area contributed by atoms with E-state index in [4.69, 9.17) is 9.47 Å². The van der Waals surface area contributed by atoms with E-state index in [2.05, 4.69) is 10.3 Å². The molecule has 0 saturated heterocycles. The van der Waals surface area contributed by atoms with Crippen molar-refractivity contribution in [3.05, 3.63) is 34.3 Å². The molecule has 7 heteroatoms. The number of carbonyl (C=O) groups excluding carboxylic acids is 2. The Bertz CT molecular complexity index is 763. The molecule has 6 nitrogen and oxygen atoms in total. The second-order valence-corrected chi connectivity index (χ2v) is 6.58. The molecule has 0 radical (unpaired) electrons. The molecule has 2 aromatic rings. The van der Waals surface area contributed by atoms with Gasteiger partial charge < -0.3 is 9.47 Å². The number of nitrogens with one attached hydrogen (secondary N) is 1. The summed E-state index contributed by atoms with van der Waals surface area (Å²) < 4.78 is 10.7. The number of carbonyl (C=O) groups is 2. The third kappa shape index (κ3) is 3.56. The number of ketones is 1. The second-order valence-electron chi connectivity index (χ2n) is 5.50. The van der Waals surface area contributed by atoms with Gasteiger partial charge in [-0.15, -0.1) is 11.3 Å². The van der Waals surface area contributed by atoms with Gasteiger partial charge in [0.05, 0.1) is 12.8 Å². The maximum absolute atomic E-state index is 12.0. The molecule has 126 valence electrons. The van der Waals surface area contributed by atoms with Gasteiger partial charge in [-0.2, -0.15) is 0 Å². The molecule has 1 aliphatic carbocycles. The van der Waals surface area contributed by atoms with E-state index in [0.717, 1.165) is 25.0 Å². The highest BCUT2D eigenvalue weighted by molar-refractivity contribution is 7.15. The average Bonchev–Trinajstić information content (AvgIpc) is 3.13. The Morgan fingerprint density at radius 2 is 2.12 bits per heavy atom. The Morgan fingerprint density at radius 1 is 1.29 bits per heavy atom. The molecule has 0 spiro atoms. The minimum atomic E-state index is -0.278. The van der Waals surface area contributed by atoms with Crippen molar-refractivity contribution in [3.63, 3.8) is 0 Å². The van der Waals surface area contributed by atoms with Crippen LogP contribution >= 0.6 is 11.3 Å². The Morgan fingerprint density at radius 3 is 2.83 bits per heavy atom. The second kappa shape index (κ2) is 7.00. The van der Waals surface area contributed by atoms with E-state index in [1.807, 2.05) is 0 Å². The number of methoxy groups -OCH3 is 1. The lowest BCUT2D eigenvalue weighted by Gasteiger charge is -2.11. The minimum absolute atomic E-state index is 0.0607. The lowest BCUT2D eigenvalue weighted by Crippen LogP contribution is -2.20. The molecule has 1 aromatic heterocycles. The molecular weight excluding hydrogens is 328 g/mol. The summed E-state index contributed by atoms with van der Waals surface area (Å²) in [5, 5.41) is 3.38. The van der Waals surface area contributed by atoms with Crippen LogP contribution in [0.25, 0.3) is 0 Å². The number of benzene rings is 1. The molecule has 1 aromatic carbocycles. The maximum atomic E-state index is 12.0. The topological polar surface area (TPSA) is 77.5 Å². The molecule has 24 heavy (non-hydrogen) atoms. The number of anilines is 1. The van der Waals surface area contributed by atoms with Gasteiger partial charge in [0.15, 0.2) is 29.0 Å². The van der Waals surface area contributed by atoms with Crippen LogP contribution in [0.1, 0.15) is 34.3 Å². The monoisotopic (exact) mass is 346 g/mol. The molecule has 1 N–H and O–H groups in total. The van der Waals surface area contributed by atoms with Crippen molar-refractivity contribution in [1.29, 1.82) is 0 Å². The summed E-state index contributed by atoms with van der Waals surface area (Å²) >= 11 is 1.52. The smallest absolute Gasteiger partial charge is 0.264 e. The summed E-state index contributed by atoms with van der Waals surface area (Å²) in [7, 11) is 1.49. The number of Topliss-reactive ketones (excluding diaryl/α,β-unsaturated/α-hetero) is 1. The molecular formula is C17H18N2O4S. The van der Waals surface area contributed by atoms with Gasteiger partial charge in [0, 0.05) is 10.4 Å². The number of nitrogens with zero attached hydrogens (tertiary/aromatic N) is 1. The summed E-state index contributed by atoms with van der Waals surface area (Å²) in [6.07, 6.45) is 3.17. The van der Waals surface area contributed by atoms with E-state index in [1.165, 1.54) is 30.2 Å². The van der Waals surface area contributed by atoms with Gasteiger partial charge >= 0.3 is 0 Å². The largest absolute Gasteiger partial charge is 0.493 e. The summed E-state index contributed by atoms with van der Waals surface area (Å²) in [6, 6.07) is 4.87. The van der Waals surface area contributed by atoms with E-state index in [0.29, 0.717) is 22.2 Å². The first kappa shape index (κ1) is 16.4. The fourth-order valence-corrected chi connectivity index (χ4v) is 3.61. The predicted molar refractivity (Wildman–Crippen MR) is 91.3 cm³/mol. The normalized spacial score (nSPS) is 12.6. The first-order valence-corrected chi connectivity index (χ1v) is 8.48. The van der Waals surface area contributed by atoms with Crippen molar-refractivity contribution in [2.45, 2.75) is 26.2 Å². The number of thiazole rings is 1. The number of aryl methyl sites for hydroxylation is 2. The molecule has 3 rings (SSSR count). The summed E-state index contributed by atoms with van der Waals surface area (Å²) in [5.74, 6) is 0.498. The molecule has 1 aliphatic rings. The Kier molecular flexibility index (Phi) is 4.80. The van der Waals surface area contributed by atoms with Crippen LogP contribution in [0.3, 0.4) is 0 Å². The van der Waals surface area contributed by atoms with Gasteiger partial charge in [-0.05, 0) is 44.4 Å². The lowest BCUT2D eigenvalue weighted by molar-refractivity contribution is -0.118. The third-order valence-electron chi connectivity index (χ3n) is 3.77. The van der Waals surface area contributed by atoms with Gasteiger partial charge in [0.1, 0.15) is 0 Å². The summed E-state index contributed by atoms with van der Waals surface area (Å²) in [4.78, 5) is 29.1. The van der Waals surface area contributed by atoms with E-state index in [9.17, 15) is 9.59 Å². The number of fused-ring (bicyclic) bond motifs is 1. The predicted octanol–water partition coefficient (Wildman–Crippen LogP) is 2.86. The fraction of sp³-hybridized carbons (Fsp3) is 0.353. The Labute approximate surface area is 143 Å². The van der Waals surface area contributed by atoms with Crippen molar-refractivity contribution >= 4 is 28.2 Å². The van der Waals surface area contributed by atoms with Crippen LogP contribution in [0.2, 0.25) is 0 Å². The summed E-state index contributed by atoms with van der Waals surface area (Å²) in [5.41, 5.74) is 1.62. The Balaban J connectivity index is 1.60. The zero-order valence-corrected chi connectivity index (χ0v) is 14.4. The molecule has 1 amide bonds. The maximum Gasteiger partial charge on any atom is 0.264 e. The Hall–Kier alpha value is -2.41. The number of hydrogen-bond donors (Lipinski definition) is 1. The van der Waals surface area contributed by atoms with Gasteiger partial charge in [-0.3, -0.25) is 14.9 Å². The van der Waals surface area contributed by atoms with Crippen LogP contribution in [0.15, 0.2) is 18.2 Å². The molecule has 0 bridgehead atoms. The van der Waals surface area contributed by atoms with E-state index >= 15 is 0 Å². The molecule has 0 aliphatic heterocycles. The van der Waals surface area contributed by atoms with Crippen LogP contribution in [0.4, 0.5) is 5.13 Å². The molecule has 0 unspecified atom stereocenters. The average molecular weight is 346 g/mol. The third-order valence-corrected chi connectivity index (χ3v) is 4.84. The highest BCUT2D eigenvalue weighted by Gasteiger charge is 2.18. The zero-order valence-electron chi connectivity index (χ0n) is 13.5. The quantitative estimate of drug-likeness (QED) is 0.814. The number of aromatic nitrogens is 1. The first-order chi connectivity index (χ1) is 11.6. The van der Waals surface area contributed by atoms with Crippen molar-refractivity contribution in [2.24, 2.45) is 0 Å². The lowest BCUT2D eigenvalue weighted by atomic mass is 10.1. The minimum Gasteiger partial charge on any atom is -0.493 e. The van der Waals surface area contributed by atoms with Gasteiger partial charge in [0.2, 0.25) is 0 Å². The van der Waals surface area contributed by atoms with Crippen molar-refractivity contribution in [1.82, 2.24) is 4.98 Å². The van der Waals surface area contributed by atoms with Crippen LogP contribution in [0, 0.1) is 0 Å². The van der Waals surface area contributed by atoms with Crippen molar-refractivity contribution < 1.29 is 19.1 Å². The highest BCUT2D eigenvalue weighted by Crippen LogP contribution is 2.31. The highest BCUT2D eigenvalue weighted by atomic mass is 32.1. The number of hydrogen-bond acceptors (Lipinski definition) is 6. The number of rotatable bonds is 6. The molecule has 1 heterocycles. The first-order valence-electron chi connectivity index (χ1n) is 7.67. The van der Waals surface area contributed by atoms with Crippen molar-refractivity contribution in [3.8, 4) is 11.5 Å². The van der Waals surface area contributed by atoms with Crippen LogP contribution in [0.5, 0.6) is 11.5 Å². The standard InChI is InChI=1S/C17H18N2O4S/c1-10(20)11-6-7-13(14(8-11)22-2)23-9-16(21)19-17-18-12-4-3-5-15(12)24-17/h6-8H,3-5,9H2,1-2H3,(H,18,19,21). The zero-order chi connectivity index (χ0) is 17.1. The fourth-order valence-electron chi connectivity index (χ4n) is 2.55. The summed E-state index contributed by atoms with van der Waals surface area (Å²) in [6.45, 7) is 1.33. The number of amides is 1. The molecule has 0 atom stereocenters. The SMILES string of the molecule is COc1cc(C(C)=O)ccc1OCC(=O)Nc1nc2c(s1)CCC2. The van der Waals surface area contributed by atoms with Gasteiger partial charge in [-0.1, -0.05) is 0 Å². The van der Waals surface area contributed by atoms with Crippen molar-refractivity contribution in [2.75, 3.05) is 19.0 Å². The number of ether oxygens (including phenoxy) is 2. The van der Waals surface area contributed by atoms with E-state index < -0.39 is 0 Å². The molecule has 0 fully saturated rings. The van der Waals surface area contributed by atoms with Crippen LogP contribution < -0.4 is 14.8 Å². The van der Waals surface area contributed by atoms with E-state index in [1.54, 1.807) is 18.2 Å². The molecule has 0 saturated carbocycles. The van der Waals surface area contributed by atoms with Gasteiger partial charge in [0.25, 0.3) is 5.91 Å². The van der Waals surface area contributed by atoms with E-state index in [-0.39, 0.29) is 18.3 Å².